The van der Waals surface area contributed by atoms with Crippen molar-refractivity contribution in [2.75, 3.05) is 25.9 Å². The van der Waals surface area contributed by atoms with E-state index in [4.69, 9.17) is 0 Å². The van der Waals surface area contributed by atoms with Gasteiger partial charge in [0.1, 0.15) is 0 Å². The van der Waals surface area contributed by atoms with Crippen LogP contribution in [0.4, 0.5) is 0 Å². The summed E-state index contributed by atoms with van der Waals surface area (Å²) >= 11 is 0. The van der Waals surface area contributed by atoms with E-state index < -0.39 is 10.8 Å². The summed E-state index contributed by atoms with van der Waals surface area (Å²) in [6.07, 6.45) is 5.77. The minimum atomic E-state index is -0.693. The molecule has 0 saturated carbocycles. The molecule has 0 amide bonds. The van der Waals surface area contributed by atoms with Crippen molar-refractivity contribution in [1.82, 2.24) is 10.2 Å². The maximum absolute atomic E-state index is 11.2. The van der Waals surface area contributed by atoms with E-state index in [1.807, 2.05) is 0 Å². The standard InChI is InChI=1S/C11H22N2OS/c1-9(15(2)14)8-12-10-5-7-13-6-3-4-11(10)13/h9-12H,3-8H2,1-2H3. The fraction of sp³-hybridized carbons (Fsp3) is 1.00. The van der Waals surface area contributed by atoms with Crippen LogP contribution in [0.1, 0.15) is 26.2 Å². The number of nitrogens with zero attached hydrogens (tertiary/aromatic N) is 1. The first kappa shape index (κ1) is 11.6. The fourth-order valence-corrected chi connectivity index (χ4v) is 3.09. The second kappa shape index (κ2) is 4.93. The second-order valence-corrected chi connectivity index (χ2v) is 6.66. The Morgan fingerprint density at radius 3 is 3.00 bits per heavy atom. The van der Waals surface area contributed by atoms with E-state index in [2.05, 4.69) is 17.1 Å². The third kappa shape index (κ3) is 2.60. The highest BCUT2D eigenvalue weighted by Gasteiger charge is 2.36. The Morgan fingerprint density at radius 1 is 1.47 bits per heavy atom. The van der Waals surface area contributed by atoms with Crippen LogP contribution in [0, 0.1) is 0 Å². The van der Waals surface area contributed by atoms with Crippen molar-refractivity contribution in [1.29, 1.82) is 0 Å². The number of nitrogens with one attached hydrogen (secondary N) is 1. The number of hydrogen-bond donors (Lipinski definition) is 1. The fourth-order valence-electron chi connectivity index (χ4n) is 2.76. The number of rotatable bonds is 4. The monoisotopic (exact) mass is 230 g/mol. The molecule has 3 nitrogen and oxygen atoms in total. The first-order valence-corrected chi connectivity index (χ1v) is 7.60. The average molecular weight is 230 g/mol. The summed E-state index contributed by atoms with van der Waals surface area (Å²) in [7, 11) is -0.693. The van der Waals surface area contributed by atoms with Crippen molar-refractivity contribution in [3.63, 3.8) is 0 Å². The van der Waals surface area contributed by atoms with Crippen LogP contribution in [-0.2, 0) is 10.8 Å². The molecule has 2 aliphatic rings. The van der Waals surface area contributed by atoms with E-state index in [9.17, 15) is 4.21 Å². The molecule has 4 heteroatoms. The first-order chi connectivity index (χ1) is 7.18. The van der Waals surface area contributed by atoms with Crippen molar-refractivity contribution in [2.45, 2.75) is 43.5 Å². The summed E-state index contributed by atoms with van der Waals surface area (Å²) in [5.41, 5.74) is 0. The quantitative estimate of drug-likeness (QED) is 0.767. The van der Waals surface area contributed by atoms with E-state index in [1.165, 1.54) is 32.4 Å². The maximum atomic E-state index is 11.2. The molecule has 2 aliphatic heterocycles. The van der Waals surface area contributed by atoms with Crippen LogP contribution < -0.4 is 5.32 Å². The lowest BCUT2D eigenvalue weighted by Gasteiger charge is -2.22. The smallest absolute Gasteiger partial charge is 0.0441 e. The van der Waals surface area contributed by atoms with Gasteiger partial charge in [-0.05, 0) is 32.7 Å². The Hall–Kier alpha value is 0.0700. The minimum absolute atomic E-state index is 0.278. The van der Waals surface area contributed by atoms with Gasteiger partial charge < -0.3 is 5.32 Å². The molecule has 0 aromatic carbocycles. The minimum Gasteiger partial charge on any atom is -0.311 e. The van der Waals surface area contributed by atoms with Crippen molar-refractivity contribution in [2.24, 2.45) is 0 Å². The Balaban J connectivity index is 1.78. The lowest BCUT2D eigenvalue weighted by atomic mass is 10.1. The van der Waals surface area contributed by atoms with Crippen LogP contribution in [0.15, 0.2) is 0 Å². The van der Waals surface area contributed by atoms with Gasteiger partial charge in [-0.15, -0.1) is 0 Å². The summed E-state index contributed by atoms with van der Waals surface area (Å²) in [6, 6.07) is 1.42. The van der Waals surface area contributed by atoms with Gasteiger partial charge in [0.15, 0.2) is 0 Å². The van der Waals surface area contributed by atoms with Gasteiger partial charge in [-0.25, -0.2) is 0 Å². The van der Waals surface area contributed by atoms with E-state index in [0.29, 0.717) is 6.04 Å². The van der Waals surface area contributed by atoms with Crippen molar-refractivity contribution in [3.05, 3.63) is 0 Å². The zero-order valence-corrected chi connectivity index (χ0v) is 10.6. The molecule has 88 valence electrons. The molecule has 1 N–H and O–H groups in total. The zero-order valence-electron chi connectivity index (χ0n) is 9.74. The van der Waals surface area contributed by atoms with Crippen LogP contribution in [0.2, 0.25) is 0 Å². The predicted octanol–water partition coefficient (Wildman–Crippen LogP) is 0.580. The summed E-state index contributed by atoms with van der Waals surface area (Å²) in [5.74, 6) is 0. The highest BCUT2D eigenvalue weighted by atomic mass is 32.2. The molecule has 2 saturated heterocycles. The van der Waals surface area contributed by atoms with Gasteiger partial charge in [-0.2, -0.15) is 0 Å². The highest BCUT2D eigenvalue weighted by molar-refractivity contribution is 7.84. The Morgan fingerprint density at radius 2 is 2.27 bits per heavy atom. The highest BCUT2D eigenvalue weighted by Crippen LogP contribution is 2.27. The largest absolute Gasteiger partial charge is 0.311 e. The van der Waals surface area contributed by atoms with E-state index in [-0.39, 0.29) is 5.25 Å². The Bertz CT molecular complexity index is 247. The van der Waals surface area contributed by atoms with Gasteiger partial charge in [0, 0.05) is 47.5 Å². The van der Waals surface area contributed by atoms with Crippen molar-refractivity contribution < 1.29 is 4.21 Å². The van der Waals surface area contributed by atoms with Crippen LogP contribution >= 0.6 is 0 Å². The lowest BCUT2D eigenvalue weighted by Crippen LogP contribution is -2.42. The van der Waals surface area contributed by atoms with Gasteiger partial charge in [0.25, 0.3) is 0 Å². The molecule has 0 aliphatic carbocycles. The van der Waals surface area contributed by atoms with Gasteiger partial charge in [-0.1, -0.05) is 0 Å². The van der Waals surface area contributed by atoms with Crippen molar-refractivity contribution in [3.8, 4) is 0 Å². The topological polar surface area (TPSA) is 32.3 Å². The number of hydrogen-bond acceptors (Lipinski definition) is 3. The third-order valence-electron chi connectivity index (χ3n) is 3.84. The molecular formula is C11H22N2OS. The molecule has 0 spiro atoms. The van der Waals surface area contributed by atoms with Gasteiger partial charge in [-0.3, -0.25) is 9.11 Å². The summed E-state index contributed by atoms with van der Waals surface area (Å²) in [6.45, 7) is 5.51. The molecule has 2 rings (SSSR count). The van der Waals surface area contributed by atoms with Crippen molar-refractivity contribution >= 4 is 10.8 Å². The summed E-state index contributed by atoms with van der Waals surface area (Å²) < 4.78 is 11.2. The molecule has 0 aromatic heterocycles. The summed E-state index contributed by atoms with van der Waals surface area (Å²) in [4.78, 5) is 2.60. The first-order valence-electron chi connectivity index (χ1n) is 5.98. The Labute approximate surface area is 95.1 Å². The SMILES string of the molecule is CC(CNC1CCN2CCCC12)S(C)=O. The lowest BCUT2D eigenvalue weighted by molar-refractivity contribution is 0.299. The average Bonchev–Trinajstić information content (AvgIpc) is 2.76. The molecule has 4 unspecified atom stereocenters. The molecule has 0 bridgehead atoms. The summed E-state index contributed by atoms with van der Waals surface area (Å²) in [5, 5.41) is 3.88. The van der Waals surface area contributed by atoms with Crippen LogP contribution in [-0.4, -0.2) is 52.3 Å². The molecule has 15 heavy (non-hydrogen) atoms. The maximum Gasteiger partial charge on any atom is 0.0441 e. The van der Waals surface area contributed by atoms with E-state index >= 15 is 0 Å². The van der Waals surface area contributed by atoms with E-state index in [0.717, 1.165) is 12.6 Å². The predicted molar refractivity (Wildman–Crippen MR) is 64.5 cm³/mol. The normalized spacial score (nSPS) is 35.3. The molecule has 0 radical (unpaired) electrons. The van der Waals surface area contributed by atoms with Crippen LogP contribution in [0.5, 0.6) is 0 Å². The van der Waals surface area contributed by atoms with E-state index in [1.54, 1.807) is 6.26 Å². The van der Waals surface area contributed by atoms with Crippen LogP contribution in [0.3, 0.4) is 0 Å². The second-order valence-electron chi connectivity index (χ2n) is 4.86. The number of fused-ring (bicyclic) bond motifs is 1. The van der Waals surface area contributed by atoms with Crippen LogP contribution in [0.25, 0.3) is 0 Å². The molecule has 4 atom stereocenters. The van der Waals surface area contributed by atoms with Gasteiger partial charge >= 0.3 is 0 Å². The van der Waals surface area contributed by atoms with Gasteiger partial charge in [0.2, 0.25) is 0 Å². The molecule has 0 aromatic rings. The molecular weight excluding hydrogens is 208 g/mol. The van der Waals surface area contributed by atoms with Gasteiger partial charge in [0.05, 0.1) is 0 Å². The third-order valence-corrected chi connectivity index (χ3v) is 5.14. The Kier molecular flexibility index (Phi) is 3.80. The zero-order chi connectivity index (χ0) is 10.8. The molecule has 2 fully saturated rings. The molecule has 2 heterocycles.